The van der Waals surface area contributed by atoms with E-state index in [1.165, 1.54) is 6.20 Å². The van der Waals surface area contributed by atoms with E-state index in [4.69, 9.17) is 16.3 Å². The van der Waals surface area contributed by atoms with Gasteiger partial charge in [-0.2, -0.15) is 0 Å². The van der Waals surface area contributed by atoms with Gasteiger partial charge in [-0.15, -0.1) is 0 Å². The van der Waals surface area contributed by atoms with Gasteiger partial charge in [-0.1, -0.05) is 29.8 Å². The van der Waals surface area contributed by atoms with E-state index in [-0.39, 0.29) is 12.5 Å². The number of hydrogen-bond acceptors (Lipinski definition) is 4. The van der Waals surface area contributed by atoms with Crippen molar-refractivity contribution in [1.29, 1.82) is 0 Å². The van der Waals surface area contributed by atoms with Gasteiger partial charge >= 0.3 is 0 Å². The van der Waals surface area contributed by atoms with Gasteiger partial charge < -0.3 is 10.1 Å². The van der Waals surface area contributed by atoms with Crippen LogP contribution in [-0.2, 0) is 11.3 Å². The zero-order valence-corrected chi connectivity index (χ0v) is 15.5. The van der Waals surface area contributed by atoms with Gasteiger partial charge in [0.15, 0.2) is 0 Å². The average molecular weight is 370 g/mol. The summed E-state index contributed by atoms with van der Waals surface area (Å²) in [5, 5.41) is 5.57. The van der Waals surface area contributed by atoms with E-state index in [2.05, 4.69) is 28.5 Å². The molecule has 0 atom stereocenters. The Kier molecular flexibility index (Phi) is 5.71. The van der Waals surface area contributed by atoms with Gasteiger partial charge in [0.1, 0.15) is 11.6 Å². The Hall–Kier alpha value is -2.63. The molecule has 0 saturated carbocycles. The van der Waals surface area contributed by atoms with Crippen molar-refractivity contribution in [2.24, 2.45) is 0 Å². The van der Waals surface area contributed by atoms with Crippen molar-refractivity contribution in [3.8, 4) is 5.75 Å². The first-order valence-corrected chi connectivity index (χ1v) is 8.58. The SMILES string of the molecule is COc1ccc2cc(CN(C)CC(=O)Nc3ccc(Cl)cn3)ccc2c1. The van der Waals surface area contributed by atoms with Crippen LogP contribution in [-0.4, -0.2) is 36.5 Å². The molecule has 6 heteroatoms. The summed E-state index contributed by atoms with van der Waals surface area (Å²) in [5.74, 6) is 1.22. The molecule has 0 fully saturated rings. The van der Waals surface area contributed by atoms with Crippen LogP contribution < -0.4 is 10.1 Å². The highest BCUT2D eigenvalue weighted by Crippen LogP contribution is 2.22. The van der Waals surface area contributed by atoms with E-state index >= 15 is 0 Å². The lowest BCUT2D eigenvalue weighted by molar-refractivity contribution is -0.117. The van der Waals surface area contributed by atoms with E-state index in [0.29, 0.717) is 17.4 Å². The summed E-state index contributed by atoms with van der Waals surface area (Å²) in [7, 11) is 3.57. The van der Waals surface area contributed by atoms with Crippen LogP contribution in [0, 0.1) is 0 Å². The number of nitrogens with zero attached hydrogens (tertiary/aromatic N) is 2. The number of carbonyl (C=O) groups is 1. The van der Waals surface area contributed by atoms with Gasteiger partial charge in [-0.25, -0.2) is 4.98 Å². The van der Waals surface area contributed by atoms with E-state index in [9.17, 15) is 4.79 Å². The fourth-order valence-electron chi connectivity index (χ4n) is 2.74. The fraction of sp³-hybridized carbons (Fsp3) is 0.200. The number of hydrogen-bond donors (Lipinski definition) is 1. The number of rotatable bonds is 6. The van der Waals surface area contributed by atoms with Crippen LogP contribution in [0.25, 0.3) is 10.8 Å². The number of pyridine rings is 1. The van der Waals surface area contributed by atoms with Crippen molar-refractivity contribution in [3.05, 3.63) is 65.3 Å². The third-order valence-electron chi connectivity index (χ3n) is 3.97. The standard InChI is InChI=1S/C20H20ClN3O2/c1-24(13-20(25)23-19-8-6-17(21)11-22-19)12-14-3-4-16-10-18(26-2)7-5-15(16)9-14/h3-11H,12-13H2,1-2H3,(H,22,23,25). The van der Waals surface area contributed by atoms with Gasteiger partial charge in [0.25, 0.3) is 0 Å². The van der Waals surface area contributed by atoms with Crippen LogP contribution in [0.15, 0.2) is 54.7 Å². The first-order valence-electron chi connectivity index (χ1n) is 8.20. The number of fused-ring (bicyclic) bond motifs is 1. The van der Waals surface area contributed by atoms with Gasteiger partial charge in [0.2, 0.25) is 5.91 Å². The molecule has 0 bridgehead atoms. The van der Waals surface area contributed by atoms with Gasteiger partial charge in [-0.05, 0) is 53.7 Å². The predicted molar refractivity (Wildman–Crippen MR) is 105 cm³/mol. The second kappa shape index (κ2) is 8.17. The third-order valence-corrected chi connectivity index (χ3v) is 4.20. The molecular formula is C20H20ClN3O2. The molecule has 0 unspecified atom stereocenters. The summed E-state index contributed by atoms with van der Waals surface area (Å²) in [5.41, 5.74) is 1.14. The average Bonchev–Trinajstić information content (AvgIpc) is 2.63. The van der Waals surface area contributed by atoms with Crippen molar-refractivity contribution < 1.29 is 9.53 Å². The number of amides is 1. The van der Waals surface area contributed by atoms with Crippen LogP contribution >= 0.6 is 11.6 Å². The van der Waals surface area contributed by atoms with Crippen LogP contribution in [0.2, 0.25) is 5.02 Å². The molecule has 134 valence electrons. The number of carbonyl (C=O) groups excluding carboxylic acids is 1. The molecule has 26 heavy (non-hydrogen) atoms. The van der Waals surface area contributed by atoms with Gasteiger partial charge in [0.05, 0.1) is 18.7 Å². The molecule has 0 saturated heterocycles. The smallest absolute Gasteiger partial charge is 0.239 e. The van der Waals surface area contributed by atoms with Crippen molar-refractivity contribution in [3.63, 3.8) is 0 Å². The number of methoxy groups -OCH3 is 1. The summed E-state index contributed by atoms with van der Waals surface area (Å²) in [4.78, 5) is 18.2. The lowest BCUT2D eigenvalue weighted by Gasteiger charge is -2.16. The Morgan fingerprint density at radius 1 is 1.15 bits per heavy atom. The number of benzene rings is 2. The van der Waals surface area contributed by atoms with Crippen molar-refractivity contribution >= 4 is 34.1 Å². The van der Waals surface area contributed by atoms with Crippen LogP contribution in [0.3, 0.4) is 0 Å². The van der Waals surface area contributed by atoms with E-state index in [1.807, 2.05) is 30.1 Å². The molecular weight excluding hydrogens is 350 g/mol. The van der Waals surface area contributed by atoms with E-state index in [1.54, 1.807) is 19.2 Å². The Morgan fingerprint density at radius 3 is 2.65 bits per heavy atom. The molecule has 2 aromatic carbocycles. The largest absolute Gasteiger partial charge is 0.497 e. The van der Waals surface area contributed by atoms with E-state index in [0.717, 1.165) is 22.1 Å². The first-order chi connectivity index (χ1) is 12.5. The quantitative estimate of drug-likeness (QED) is 0.714. The minimum absolute atomic E-state index is 0.118. The molecule has 0 aliphatic rings. The van der Waals surface area contributed by atoms with Crippen molar-refractivity contribution in [1.82, 2.24) is 9.88 Å². The Morgan fingerprint density at radius 2 is 1.92 bits per heavy atom. The minimum Gasteiger partial charge on any atom is -0.497 e. The zero-order valence-electron chi connectivity index (χ0n) is 14.7. The highest BCUT2D eigenvalue weighted by Gasteiger charge is 2.09. The van der Waals surface area contributed by atoms with Gasteiger partial charge in [-0.3, -0.25) is 9.69 Å². The highest BCUT2D eigenvalue weighted by molar-refractivity contribution is 6.30. The Bertz CT molecular complexity index is 913. The Labute approximate surface area is 157 Å². The third kappa shape index (κ3) is 4.71. The number of aromatic nitrogens is 1. The molecule has 0 radical (unpaired) electrons. The van der Waals surface area contributed by atoms with Crippen LogP contribution in [0.5, 0.6) is 5.75 Å². The van der Waals surface area contributed by atoms with Crippen LogP contribution in [0.4, 0.5) is 5.82 Å². The normalized spacial score (nSPS) is 10.9. The summed E-state index contributed by atoms with van der Waals surface area (Å²) in [6, 6.07) is 15.6. The maximum absolute atomic E-state index is 12.1. The minimum atomic E-state index is -0.118. The molecule has 3 aromatic rings. The second-order valence-electron chi connectivity index (χ2n) is 6.13. The summed E-state index contributed by atoms with van der Waals surface area (Å²) in [6.45, 7) is 0.939. The number of likely N-dealkylation sites (N-methyl/N-ethyl adjacent to an activating group) is 1. The van der Waals surface area contributed by atoms with E-state index < -0.39 is 0 Å². The molecule has 0 spiro atoms. The molecule has 5 nitrogen and oxygen atoms in total. The van der Waals surface area contributed by atoms with Crippen molar-refractivity contribution in [2.45, 2.75) is 6.54 Å². The monoisotopic (exact) mass is 369 g/mol. The van der Waals surface area contributed by atoms with Crippen LogP contribution in [0.1, 0.15) is 5.56 Å². The van der Waals surface area contributed by atoms with Gasteiger partial charge in [0, 0.05) is 12.7 Å². The Balaban J connectivity index is 1.60. The lowest BCUT2D eigenvalue weighted by atomic mass is 10.1. The number of nitrogens with one attached hydrogen (secondary N) is 1. The van der Waals surface area contributed by atoms with Crippen molar-refractivity contribution in [2.75, 3.05) is 26.0 Å². The second-order valence-corrected chi connectivity index (χ2v) is 6.57. The summed E-state index contributed by atoms with van der Waals surface area (Å²) in [6.07, 6.45) is 1.50. The fourth-order valence-corrected chi connectivity index (χ4v) is 2.86. The molecule has 1 amide bonds. The maximum atomic E-state index is 12.1. The molecule has 1 N–H and O–H groups in total. The molecule has 3 rings (SSSR count). The number of ether oxygens (including phenoxy) is 1. The first kappa shape index (κ1) is 18.2. The summed E-state index contributed by atoms with van der Waals surface area (Å²) < 4.78 is 5.25. The highest BCUT2D eigenvalue weighted by atomic mass is 35.5. The lowest BCUT2D eigenvalue weighted by Crippen LogP contribution is -2.30. The number of halogens is 1. The molecule has 1 aromatic heterocycles. The topological polar surface area (TPSA) is 54.5 Å². The predicted octanol–water partition coefficient (Wildman–Crippen LogP) is 3.97. The zero-order chi connectivity index (χ0) is 18.5. The maximum Gasteiger partial charge on any atom is 0.239 e. The molecule has 0 aliphatic carbocycles. The molecule has 0 aliphatic heterocycles. The summed E-state index contributed by atoms with van der Waals surface area (Å²) >= 11 is 5.79. The number of anilines is 1. The molecule has 1 heterocycles.